The summed E-state index contributed by atoms with van der Waals surface area (Å²) in [4.78, 5) is 61.4. The van der Waals surface area contributed by atoms with Crippen molar-refractivity contribution in [3.05, 3.63) is 82.3 Å². The molecule has 1 aliphatic carbocycles. The number of amides is 3. The zero-order chi connectivity index (χ0) is 37.5. The van der Waals surface area contributed by atoms with Crippen LogP contribution in [-0.4, -0.2) is 131 Å². The van der Waals surface area contributed by atoms with Crippen LogP contribution in [0.2, 0.25) is 5.02 Å². The van der Waals surface area contributed by atoms with E-state index in [1.807, 2.05) is 18.2 Å². The largest absolute Gasteiger partial charge is 0.483 e. The monoisotopic (exact) mass is 752 g/mol. The normalized spacial score (nSPS) is 21.1. The van der Waals surface area contributed by atoms with Gasteiger partial charge in [0.25, 0.3) is 18.3 Å². The molecule has 4 heterocycles. The number of nitrogens with zero attached hydrogens (tertiary/aromatic N) is 5. The summed E-state index contributed by atoms with van der Waals surface area (Å²) < 4.78 is 27.5. The van der Waals surface area contributed by atoms with Gasteiger partial charge in [0.2, 0.25) is 5.91 Å². The average Bonchev–Trinajstić information content (AvgIpc) is 3.99. The predicted molar refractivity (Wildman–Crippen MR) is 192 cm³/mol. The SMILES string of the molecule is O=C1CN(C2CC2)C(=O)c2cc(cc(C(=O)N3CCN(CCO)CC3)c2)Oc2cccc(c2)CO[C@H]2CCN(c3ncc(Cl)cc3F)C[C@H]2N1.O=CO. The van der Waals surface area contributed by atoms with Crippen LogP contribution in [0.4, 0.5) is 10.2 Å². The molecule has 7 rings (SSSR count). The van der Waals surface area contributed by atoms with Crippen LogP contribution in [0.5, 0.6) is 11.5 Å². The Bertz CT molecular complexity index is 1810. The Hall–Kier alpha value is -4.83. The van der Waals surface area contributed by atoms with Crippen molar-refractivity contribution in [2.75, 3.05) is 63.9 Å². The summed E-state index contributed by atoms with van der Waals surface area (Å²) in [6.45, 7) is 3.35. The Morgan fingerprint density at radius 1 is 1.04 bits per heavy atom. The number of aliphatic hydroxyl groups is 1. The van der Waals surface area contributed by atoms with Gasteiger partial charge in [-0.3, -0.25) is 24.1 Å². The number of nitrogens with one attached hydrogen (secondary N) is 1. The van der Waals surface area contributed by atoms with E-state index in [9.17, 15) is 23.9 Å². The van der Waals surface area contributed by atoms with E-state index in [1.54, 1.807) is 39.0 Å². The van der Waals surface area contributed by atoms with Crippen LogP contribution in [0.3, 0.4) is 0 Å². The fraction of sp³-hybridized carbons (Fsp3) is 0.432. The van der Waals surface area contributed by atoms with Gasteiger partial charge in [0.05, 0.1) is 30.4 Å². The highest BCUT2D eigenvalue weighted by molar-refractivity contribution is 6.30. The first-order chi connectivity index (χ1) is 25.6. The maximum absolute atomic E-state index is 14.9. The van der Waals surface area contributed by atoms with Crippen molar-refractivity contribution in [1.29, 1.82) is 0 Å². The Balaban J connectivity index is 0.00000155. The third kappa shape index (κ3) is 9.59. The number of hydrogen-bond donors (Lipinski definition) is 3. The molecule has 3 aromatic rings. The topological polar surface area (TPSA) is 165 Å². The molecule has 53 heavy (non-hydrogen) atoms. The van der Waals surface area contributed by atoms with Crippen molar-refractivity contribution < 1.29 is 43.3 Å². The predicted octanol–water partition coefficient (Wildman–Crippen LogP) is 3.02. The number of carboxylic acid groups (broad SMARTS) is 1. The Labute approximate surface area is 311 Å². The van der Waals surface area contributed by atoms with Crippen LogP contribution in [0, 0.1) is 5.82 Å². The summed E-state index contributed by atoms with van der Waals surface area (Å²) in [7, 11) is 0. The highest BCUT2D eigenvalue weighted by atomic mass is 35.5. The van der Waals surface area contributed by atoms with Gasteiger partial charge in [-0.1, -0.05) is 23.7 Å². The molecule has 14 nitrogen and oxygen atoms in total. The lowest BCUT2D eigenvalue weighted by atomic mass is 10.0. The number of rotatable bonds is 5. The summed E-state index contributed by atoms with van der Waals surface area (Å²) in [5, 5.41) is 19.5. The molecule has 3 aliphatic heterocycles. The lowest BCUT2D eigenvalue weighted by Crippen LogP contribution is -2.58. The van der Waals surface area contributed by atoms with E-state index >= 15 is 0 Å². The zero-order valence-corrected chi connectivity index (χ0v) is 29.8. The van der Waals surface area contributed by atoms with E-state index in [0.717, 1.165) is 18.4 Å². The Morgan fingerprint density at radius 2 is 1.81 bits per heavy atom. The molecule has 3 fully saturated rings. The maximum Gasteiger partial charge on any atom is 0.290 e. The molecule has 1 saturated carbocycles. The number of ether oxygens (including phenoxy) is 2. The van der Waals surface area contributed by atoms with E-state index < -0.39 is 11.9 Å². The van der Waals surface area contributed by atoms with Gasteiger partial charge in [-0.25, -0.2) is 9.37 Å². The number of aliphatic hydroxyl groups excluding tert-OH is 1. The number of anilines is 1. The quantitative estimate of drug-likeness (QED) is 0.328. The lowest BCUT2D eigenvalue weighted by Gasteiger charge is -2.39. The first kappa shape index (κ1) is 37.9. The fourth-order valence-corrected chi connectivity index (χ4v) is 7.01. The molecule has 16 heteroatoms. The van der Waals surface area contributed by atoms with E-state index in [0.29, 0.717) is 62.8 Å². The van der Waals surface area contributed by atoms with Gasteiger partial charge in [0.1, 0.15) is 18.0 Å². The zero-order valence-electron chi connectivity index (χ0n) is 29.0. The molecular weight excluding hydrogens is 711 g/mol. The number of piperidine rings is 1. The van der Waals surface area contributed by atoms with Crippen LogP contribution >= 0.6 is 11.6 Å². The number of β-amino-alcohol motifs (C(OH)–C–C–N with tert-alkyl or cyclic N) is 1. The molecule has 0 spiro atoms. The molecule has 4 bridgehead atoms. The molecule has 282 valence electrons. The summed E-state index contributed by atoms with van der Waals surface area (Å²) in [5.41, 5.74) is 1.40. The highest BCUT2D eigenvalue weighted by Crippen LogP contribution is 2.32. The number of hydrogen-bond acceptors (Lipinski definition) is 10. The minimum absolute atomic E-state index is 0.0577. The second-order valence-electron chi connectivity index (χ2n) is 13.3. The summed E-state index contributed by atoms with van der Waals surface area (Å²) >= 11 is 5.95. The van der Waals surface area contributed by atoms with Crippen molar-refractivity contribution >= 4 is 41.6 Å². The molecular formula is C37H42ClFN6O8. The average molecular weight is 753 g/mol. The standard InChI is InChI=1S/C36H40ClFN6O6.CH2O2/c37-26-18-30(38)34(39-19-26)43-7-6-32-31(20-43)40-33(46)21-44(27-4-5-27)36(48)25-15-24(35(47)42-10-8-41(9-11-42)12-13-45)16-29(17-25)50-28-3-1-2-23(14-28)22-49-32;2-1-3/h1-3,14-19,27,31-32,45H,4-13,20-22H2,(H,40,46);1H,(H,2,3)/t31-,32+;/m1./s1. The number of halogens is 2. The first-order valence-electron chi connectivity index (χ1n) is 17.6. The smallest absolute Gasteiger partial charge is 0.290 e. The van der Waals surface area contributed by atoms with Crippen molar-refractivity contribution in [2.45, 2.75) is 44.1 Å². The van der Waals surface area contributed by atoms with Crippen molar-refractivity contribution in [3.63, 3.8) is 0 Å². The minimum Gasteiger partial charge on any atom is -0.483 e. The molecule has 0 unspecified atom stereocenters. The summed E-state index contributed by atoms with van der Waals surface area (Å²) in [5.74, 6) is -0.523. The van der Waals surface area contributed by atoms with Gasteiger partial charge in [0, 0.05) is 69.2 Å². The first-order valence-corrected chi connectivity index (χ1v) is 17.9. The molecule has 2 aromatic carbocycles. The van der Waals surface area contributed by atoms with Gasteiger partial charge in [-0.05, 0) is 61.2 Å². The Morgan fingerprint density at radius 3 is 2.53 bits per heavy atom. The van der Waals surface area contributed by atoms with Crippen molar-refractivity contribution in [1.82, 2.24) is 25.0 Å². The number of benzene rings is 2. The van der Waals surface area contributed by atoms with E-state index in [4.69, 9.17) is 31.0 Å². The van der Waals surface area contributed by atoms with Gasteiger partial charge in [-0.2, -0.15) is 0 Å². The third-order valence-electron chi connectivity index (χ3n) is 9.62. The van der Waals surface area contributed by atoms with Gasteiger partial charge < -0.3 is 39.7 Å². The number of aromatic nitrogens is 1. The van der Waals surface area contributed by atoms with Crippen LogP contribution in [0.1, 0.15) is 45.5 Å². The van der Waals surface area contributed by atoms with Crippen LogP contribution in [0.15, 0.2) is 54.7 Å². The molecule has 3 N–H and O–H groups in total. The Kier molecular flexibility index (Phi) is 12.4. The minimum atomic E-state index is -0.553. The number of carbonyl (C=O) groups excluding carboxylic acids is 3. The van der Waals surface area contributed by atoms with E-state index in [1.165, 1.54) is 12.3 Å². The van der Waals surface area contributed by atoms with Gasteiger partial charge in [0.15, 0.2) is 11.6 Å². The summed E-state index contributed by atoms with van der Waals surface area (Å²) in [6.07, 6.45) is 3.02. The molecule has 0 radical (unpaired) electrons. The van der Waals surface area contributed by atoms with Crippen LogP contribution < -0.4 is 15.0 Å². The number of fused-ring (bicyclic) bond motifs is 5. The molecule has 1 aromatic heterocycles. The maximum atomic E-state index is 14.9. The second-order valence-corrected chi connectivity index (χ2v) is 13.8. The molecule has 4 aliphatic rings. The van der Waals surface area contributed by atoms with Crippen molar-refractivity contribution in [3.8, 4) is 11.5 Å². The number of pyridine rings is 1. The van der Waals surface area contributed by atoms with Crippen LogP contribution in [-0.2, 0) is 20.9 Å². The number of piperazine rings is 1. The summed E-state index contributed by atoms with van der Waals surface area (Å²) in [6, 6.07) is 12.8. The molecule has 3 amide bonds. The third-order valence-corrected chi connectivity index (χ3v) is 9.83. The van der Waals surface area contributed by atoms with E-state index in [-0.39, 0.29) is 79.0 Å². The molecule has 2 atom stereocenters. The number of carbonyl (C=O) groups is 4. The second kappa shape index (κ2) is 17.3. The van der Waals surface area contributed by atoms with Gasteiger partial charge >= 0.3 is 0 Å². The molecule has 2 saturated heterocycles. The van der Waals surface area contributed by atoms with Crippen molar-refractivity contribution in [2.24, 2.45) is 0 Å². The fourth-order valence-electron chi connectivity index (χ4n) is 6.87. The van der Waals surface area contributed by atoms with E-state index in [2.05, 4.69) is 15.2 Å². The van der Waals surface area contributed by atoms with Gasteiger partial charge in [-0.15, -0.1) is 0 Å². The van der Waals surface area contributed by atoms with Crippen LogP contribution in [0.25, 0.3) is 0 Å². The highest BCUT2D eigenvalue weighted by Gasteiger charge is 2.38. The lowest BCUT2D eigenvalue weighted by molar-refractivity contribution is -0.124.